The summed E-state index contributed by atoms with van der Waals surface area (Å²) in [6, 6.07) is 12.0. The summed E-state index contributed by atoms with van der Waals surface area (Å²) in [6.07, 6.45) is -3.39. The molecule has 2 fully saturated rings. The number of hydrogen-bond donors (Lipinski definition) is 0. The van der Waals surface area contributed by atoms with Gasteiger partial charge in [0.15, 0.2) is 0 Å². The minimum absolute atomic E-state index is 0.219. The Kier molecular flexibility index (Phi) is 6.58. The topological polar surface area (TPSA) is 59.1 Å². The Labute approximate surface area is 196 Å². The highest BCUT2D eigenvalue weighted by atomic mass is 19.4. The molecule has 2 aliphatic heterocycles. The van der Waals surface area contributed by atoms with Crippen LogP contribution in [-0.4, -0.2) is 54.2 Å². The van der Waals surface area contributed by atoms with Crippen LogP contribution in [0.2, 0.25) is 0 Å². The lowest BCUT2D eigenvalue weighted by Crippen LogP contribution is -2.46. The molecular weight excluding hydrogens is 449 g/mol. The maximum absolute atomic E-state index is 12.8. The Balaban J connectivity index is 1.34. The third-order valence-corrected chi connectivity index (χ3v) is 6.73. The molecule has 2 heterocycles. The highest BCUT2D eigenvalue weighted by Crippen LogP contribution is 2.38. The molecule has 0 N–H and O–H groups in total. The van der Waals surface area contributed by atoms with Crippen LogP contribution >= 0.6 is 0 Å². The second-order valence-electron chi connectivity index (χ2n) is 8.94. The summed E-state index contributed by atoms with van der Waals surface area (Å²) in [5.74, 6) is -0.415. The predicted octanol–water partition coefficient (Wildman–Crippen LogP) is 5.04. The van der Waals surface area contributed by atoms with Crippen molar-refractivity contribution in [2.75, 3.05) is 26.7 Å². The van der Waals surface area contributed by atoms with E-state index in [9.17, 15) is 22.8 Å². The van der Waals surface area contributed by atoms with E-state index in [2.05, 4.69) is 4.90 Å². The molecule has 0 saturated carbocycles. The van der Waals surface area contributed by atoms with E-state index < -0.39 is 23.3 Å². The van der Waals surface area contributed by atoms with Crippen molar-refractivity contribution in [1.29, 1.82) is 0 Å². The third kappa shape index (κ3) is 5.04. The van der Waals surface area contributed by atoms with E-state index in [1.807, 2.05) is 19.1 Å². The molecule has 1 amide bonds. The van der Waals surface area contributed by atoms with Crippen LogP contribution in [0.5, 0.6) is 0 Å². The fraction of sp³-hybridized carbons (Fsp3) is 0.440. The first-order valence-electron chi connectivity index (χ1n) is 11.2. The highest BCUT2D eigenvalue weighted by molar-refractivity contribution is 5.89. The SMILES string of the molecule is COC(=O)c1ccc(C(C)N2CC3(CCN(Cc4ccc(C(F)(F)F)cc4)CC3)OC2=O)cc1. The van der Waals surface area contributed by atoms with Gasteiger partial charge in [0, 0.05) is 32.5 Å². The maximum atomic E-state index is 12.8. The van der Waals surface area contributed by atoms with Gasteiger partial charge in [-0.15, -0.1) is 0 Å². The molecule has 1 unspecified atom stereocenters. The number of carbonyl (C=O) groups excluding carboxylic acids is 2. The van der Waals surface area contributed by atoms with Gasteiger partial charge in [-0.05, 0) is 42.3 Å². The number of hydrogen-bond acceptors (Lipinski definition) is 5. The smallest absolute Gasteiger partial charge is 0.416 e. The average Bonchev–Trinajstić information content (AvgIpc) is 3.15. The molecule has 4 rings (SSSR count). The molecule has 1 spiro atoms. The molecule has 1 atom stereocenters. The van der Waals surface area contributed by atoms with Gasteiger partial charge >= 0.3 is 18.2 Å². The monoisotopic (exact) mass is 476 g/mol. The van der Waals surface area contributed by atoms with E-state index in [0.717, 1.165) is 23.3 Å². The van der Waals surface area contributed by atoms with Crippen LogP contribution in [0.4, 0.5) is 18.0 Å². The maximum Gasteiger partial charge on any atom is 0.416 e. The van der Waals surface area contributed by atoms with Crippen molar-refractivity contribution in [3.63, 3.8) is 0 Å². The quantitative estimate of drug-likeness (QED) is 0.566. The van der Waals surface area contributed by atoms with Gasteiger partial charge < -0.3 is 9.47 Å². The van der Waals surface area contributed by atoms with Crippen LogP contribution in [0.25, 0.3) is 0 Å². The Morgan fingerprint density at radius 1 is 1.09 bits per heavy atom. The molecule has 2 aromatic rings. The largest absolute Gasteiger partial charge is 0.465 e. The number of alkyl halides is 3. The molecule has 6 nitrogen and oxygen atoms in total. The number of ether oxygens (including phenoxy) is 2. The zero-order chi connectivity index (χ0) is 24.5. The number of amides is 1. The Morgan fingerprint density at radius 3 is 2.26 bits per heavy atom. The second kappa shape index (κ2) is 9.29. The number of halogens is 3. The van der Waals surface area contributed by atoms with Crippen LogP contribution in [-0.2, 0) is 22.2 Å². The van der Waals surface area contributed by atoms with Crippen molar-refractivity contribution in [2.24, 2.45) is 0 Å². The van der Waals surface area contributed by atoms with Crippen molar-refractivity contribution in [3.05, 3.63) is 70.8 Å². The van der Waals surface area contributed by atoms with Gasteiger partial charge in [0.2, 0.25) is 0 Å². The van der Waals surface area contributed by atoms with Crippen molar-refractivity contribution < 1.29 is 32.2 Å². The first-order chi connectivity index (χ1) is 16.1. The summed E-state index contributed by atoms with van der Waals surface area (Å²) in [4.78, 5) is 28.2. The van der Waals surface area contributed by atoms with Gasteiger partial charge in [-0.1, -0.05) is 24.3 Å². The normalized spacial score (nSPS) is 19.2. The molecule has 0 aromatic heterocycles. The number of piperidine rings is 1. The predicted molar refractivity (Wildman–Crippen MR) is 118 cm³/mol. The first-order valence-corrected chi connectivity index (χ1v) is 11.2. The number of esters is 1. The summed E-state index contributed by atoms with van der Waals surface area (Å²) in [6.45, 7) is 4.32. The molecule has 0 radical (unpaired) electrons. The van der Waals surface area contributed by atoms with Gasteiger partial charge in [0.05, 0.1) is 30.8 Å². The zero-order valence-corrected chi connectivity index (χ0v) is 19.1. The molecule has 182 valence electrons. The van der Waals surface area contributed by atoms with Crippen LogP contribution < -0.4 is 0 Å². The molecule has 0 aliphatic carbocycles. The Morgan fingerprint density at radius 2 is 1.71 bits per heavy atom. The van der Waals surface area contributed by atoms with Crippen LogP contribution in [0.15, 0.2) is 48.5 Å². The Hall–Kier alpha value is -3.07. The first kappa shape index (κ1) is 24.1. The fourth-order valence-electron chi connectivity index (χ4n) is 4.58. The van der Waals surface area contributed by atoms with Gasteiger partial charge in [-0.3, -0.25) is 9.80 Å². The average molecular weight is 476 g/mol. The third-order valence-electron chi connectivity index (χ3n) is 6.73. The van der Waals surface area contributed by atoms with E-state index >= 15 is 0 Å². The van der Waals surface area contributed by atoms with E-state index in [0.29, 0.717) is 44.6 Å². The zero-order valence-electron chi connectivity index (χ0n) is 19.1. The lowest BCUT2D eigenvalue weighted by atomic mass is 9.90. The summed E-state index contributed by atoms with van der Waals surface area (Å²) in [7, 11) is 1.33. The molecule has 34 heavy (non-hydrogen) atoms. The van der Waals surface area contributed by atoms with E-state index in [-0.39, 0.29) is 12.1 Å². The minimum atomic E-state index is -4.34. The number of nitrogens with zero attached hydrogens (tertiary/aromatic N) is 2. The summed E-state index contributed by atoms with van der Waals surface area (Å²) >= 11 is 0. The number of rotatable bonds is 5. The highest BCUT2D eigenvalue weighted by Gasteiger charge is 2.48. The number of methoxy groups -OCH3 is 1. The van der Waals surface area contributed by atoms with Crippen molar-refractivity contribution in [3.8, 4) is 0 Å². The van der Waals surface area contributed by atoms with Crippen molar-refractivity contribution in [2.45, 2.75) is 44.1 Å². The lowest BCUT2D eigenvalue weighted by Gasteiger charge is -2.37. The number of likely N-dealkylation sites (tertiary alicyclic amines) is 1. The van der Waals surface area contributed by atoms with Crippen LogP contribution in [0, 0.1) is 0 Å². The second-order valence-corrected chi connectivity index (χ2v) is 8.94. The Bertz CT molecular complexity index is 1030. The molecule has 2 saturated heterocycles. The van der Waals surface area contributed by atoms with Gasteiger partial charge in [-0.25, -0.2) is 9.59 Å². The van der Waals surface area contributed by atoms with Crippen molar-refractivity contribution in [1.82, 2.24) is 9.80 Å². The van der Waals surface area contributed by atoms with Gasteiger partial charge in [0.25, 0.3) is 0 Å². The summed E-state index contributed by atoms with van der Waals surface area (Å²) in [5, 5.41) is 0. The molecule has 9 heteroatoms. The van der Waals surface area contributed by atoms with E-state index in [1.54, 1.807) is 17.0 Å². The standard InChI is InChI=1S/C25H27F3N2O4/c1-17(19-5-7-20(8-6-19)22(31)33-2)30-16-24(34-23(30)32)11-13-29(14-12-24)15-18-3-9-21(10-4-18)25(26,27)28/h3-10,17H,11-16H2,1-2H3. The number of carbonyl (C=O) groups is 2. The summed E-state index contributed by atoms with van der Waals surface area (Å²) < 4.78 is 48.9. The molecule has 0 bridgehead atoms. The lowest BCUT2D eigenvalue weighted by molar-refractivity contribution is -0.137. The van der Waals surface area contributed by atoms with E-state index in [1.165, 1.54) is 19.2 Å². The minimum Gasteiger partial charge on any atom is -0.465 e. The van der Waals surface area contributed by atoms with E-state index in [4.69, 9.17) is 9.47 Å². The molecule has 2 aromatic carbocycles. The van der Waals surface area contributed by atoms with Crippen molar-refractivity contribution >= 4 is 12.1 Å². The van der Waals surface area contributed by atoms with Crippen LogP contribution in [0.1, 0.15) is 52.9 Å². The summed E-state index contributed by atoms with van der Waals surface area (Å²) in [5.41, 5.74) is 0.938. The van der Waals surface area contributed by atoms with Gasteiger partial charge in [0.1, 0.15) is 5.60 Å². The number of benzene rings is 2. The fourth-order valence-corrected chi connectivity index (χ4v) is 4.58. The molecular formula is C25H27F3N2O4. The molecule has 2 aliphatic rings. The van der Waals surface area contributed by atoms with Gasteiger partial charge in [-0.2, -0.15) is 13.2 Å². The van der Waals surface area contributed by atoms with Crippen LogP contribution in [0.3, 0.4) is 0 Å².